The topological polar surface area (TPSA) is 92.5 Å². The second-order valence-electron chi connectivity index (χ2n) is 5.02. The SMILES string of the molecule is CCCC(N)C(=O)N1CCC(NS(=O)(=O)CC)CC1. The molecule has 112 valence electrons. The number of rotatable bonds is 6. The van der Waals surface area contributed by atoms with Gasteiger partial charge >= 0.3 is 0 Å². The summed E-state index contributed by atoms with van der Waals surface area (Å²) in [6, 6.07) is -0.481. The Morgan fingerprint density at radius 2 is 1.95 bits per heavy atom. The Balaban J connectivity index is 2.43. The molecule has 0 aromatic rings. The summed E-state index contributed by atoms with van der Waals surface area (Å²) in [6.45, 7) is 4.77. The first-order valence-electron chi connectivity index (χ1n) is 6.94. The molecule has 0 aromatic heterocycles. The summed E-state index contributed by atoms with van der Waals surface area (Å²) >= 11 is 0. The van der Waals surface area contributed by atoms with Gasteiger partial charge in [0, 0.05) is 19.1 Å². The monoisotopic (exact) mass is 291 g/mol. The summed E-state index contributed by atoms with van der Waals surface area (Å²) in [5.74, 6) is 0.0757. The average Bonchev–Trinajstić information content (AvgIpc) is 2.38. The van der Waals surface area contributed by atoms with Crippen LogP contribution in [0.3, 0.4) is 0 Å². The van der Waals surface area contributed by atoms with E-state index in [1.54, 1.807) is 11.8 Å². The fraction of sp³-hybridized carbons (Fsp3) is 0.917. The highest BCUT2D eigenvalue weighted by molar-refractivity contribution is 7.89. The lowest BCUT2D eigenvalue weighted by molar-refractivity contribution is -0.133. The smallest absolute Gasteiger partial charge is 0.239 e. The van der Waals surface area contributed by atoms with Crippen LogP contribution in [0.1, 0.15) is 39.5 Å². The Kier molecular flexibility index (Phi) is 6.22. The maximum absolute atomic E-state index is 12.0. The minimum atomic E-state index is -3.16. The Labute approximate surface area is 115 Å². The van der Waals surface area contributed by atoms with Crippen LogP contribution in [0.4, 0.5) is 0 Å². The first kappa shape index (κ1) is 16.4. The molecular formula is C12H25N3O3S. The van der Waals surface area contributed by atoms with Crippen molar-refractivity contribution in [2.45, 2.75) is 51.6 Å². The lowest BCUT2D eigenvalue weighted by atomic mass is 10.0. The fourth-order valence-corrected chi connectivity index (χ4v) is 3.13. The van der Waals surface area contributed by atoms with Crippen LogP contribution < -0.4 is 10.5 Å². The fourth-order valence-electron chi connectivity index (χ4n) is 2.22. The van der Waals surface area contributed by atoms with Crippen molar-refractivity contribution in [3.05, 3.63) is 0 Å². The van der Waals surface area contributed by atoms with Crippen LogP contribution in [0, 0.1) is 0 Å². The zero-order chi connectivity index (χ0) is 14.5. The van der Waals surface area contributed by atoms with Crippen molar-refractivity contribution in [1.82, 2.24) is 9.62 Å². The molecule has 1 amide bonds. The van der Waals surface area contributed by atoms with Crippen LogP contribution in [0.5, 0.6) is 0 Å². The van der Waals surface area contributed by atoms with Gasteiger partial charge in [0.15, 0.2) is 0 Å². The molecule has 1 saturated heterocycles. The van der Waals surface area contributed by atoms with Crippen LogP contribution in [0.25, 0.3) is 0 Å². The Morgan fingerprint density at radius 3 is 2.42 bits per heavy atom. The van der Waals surface area contributed by atoms with E-state index in [0.717, 1.165) is 6.42 Å². The second-order valence-corrected chi connectivity index (χ2v) is 7.06. The van der Waals surface area contributed by atoms with Gasteiger partial charge in [0.25, 0.3) is 0 Å². The van der Waals surface area contributed by atoms with E-state index < -0.39 is 16.1 Å². The highest BCUT2D eigenvalue weighted by Gasteiger charge is 2.27. The molecule has 1 fully saturated rings. The molecule has 0 bridgehead atoms. The number of sulfonamides is 1. The number of piperidine rings is 1. The first-order chi connectivity index (χ1) is 8.89. The molecule has 7 heteroatoms. The van der Waals surface area contributed by atoms with Crippen molar-refractivity contribution in [1.29, 1.82) is 0 Å². The summed E-state index contributed by atoms with van der Waals surface area (Å²) in [4.78, 5) is 13.7. The summed E-state index contributed by atoms with van der Waals surface area (Å²) in [5.41, 5.74) is 5.81. The van der Waals surface area contributed by atoms with Crippen LogP contribution in [-0.4, -0.2) is 50.2 Å². The third-order valence-electron chi connectivity index (χ3n) is 3.45. The third kappa shape index (κ3) is 5.08. The summed E-state index contributed by atoms with van der Waals surface area (Å²) < 4.78 is 25.6. The van der Waals surface area contributed by atoms with Crippen molar-refractivity contribution >= 4 is 15.9 Å². The zero-order valence-corrected chi connectivity index (χ0v) is 12.6. The average molecular weight is 291 g/mol. The number of hydrogen-bond donors (Lipinski definition) is 2. The number of hydrogen-bond acceptors (Lipinski definition) is 4. The minimum Gasteiger partial charge on any atom is -0.341 e. The van der Waals surface area contributed by atoms with Gasteiger partial charge < -0.3 is 10.6 Å². The lowest BCUT2D eigenvalue weighted by Crippen LogP contribution is -2.51. The van der Waals surface area contributed by atoms with Gasteiger partial charge in [0.2, 0.25) is 15.9 Å². The number of carbonyl (C=O) groups excluding carboxylic acids is 1. The van der Waals surface area contributed by atoms with Crippen LogP contribution in [0.15, 0.2) is 0 Å². The molecule has 0 spiro atoms. The van der Waals surface area contributed by atoms with Crippen molar-refractivity contribution in [3.8, 4) is 0 Å². The van der Waals surface area contributed by atoms with Crippen LogP contribution >= 0.6 is 0 Å². The molecule has 19 heavy (non-hydrogen) atoms. The van der Waals surface area contributed by atoms with Gasteiger partial charge in [-0.3, -0.25) is 4.79 Å². The van der Waals surface area contributed by atoms with Gasteiger partial charge in [0.05, 0.1) is 11.8 Å². The van der Waals surface area contributed by atoms with Gasteiger partial charge in [-0.15, -0.1) is 0 Å². The molecule has 3 N–H and O–H groups in total. The molecule has 1 aliphatic heterocycles. The van der Waals surface area contributed by atoms with Crippen molar-refractivity contribution < 1.29 is 13.2 Å². The van der Waals surface area contributed by atoms with Crippen molar-refractivity contribution in [2.24, 2.45) is 5.73 Å². The maximum Gasteiger partial charge on any atom is 0.239 e. The van der Waals surface area contributed by atoms with E-state index in [4.69, 9.17) is 5.73 Å². The molecule has 0 aliphatic carbocycles. The van der Waals surface area contributed by atoms with Crippen LogP contribution in [-0.2, 0) is 14.8 Å². The number of likely N-dealkylation sites (tertiary alicyclic amines) is 1. The number of amides is 1. The molecule has 6 nitrogen and oxygen atoms in total. The quantitative estimate of drug-likeness (QED) is 0.723. The molecular weight excluding hydrogens is 266 g/mol. The van der Waals surface area contributed by atoms with Gasteiger partial charge in [-0.25, -0.2) is 13.1 Å². The molecule has 0 radical (unpaired) electrons. The molecule has 1 atom stereocenters. The molecule has 1 unspecified atom stereocenters. The summed E-state index contributed by atoms with van der Waals surface area (Å²) in [7, 11) is -3.16. The van der Waals surface area contributed by atoms with E-state index in [1.165, 1.54) is 0 Å². The predicted molar refractivity (Wildman–Crippen MR) is 75.1 cm³/mol. The minimum absolute atomic E-state index is 0.0151. The van der Waals surface area contributed by atoms with E-state index in [2.05, 4.69) is 4.72 Å². The molecule has 1 aliphatic rings. The standard InChI is InChI=1S/C12H25N3O3S/c1-3-5-11(13)12(16)15-8-6-10(7-9-15)14-19(17,18)4-2/h10-11,14H,3-9,13H2,1-2H3. The van der Waals surface area contributed by atoms with Crippen molar-refractivity contribution in [2.75, 3.05) is 18.8 Å². The normalized spacial score (nSPS) is 19.4. The van der Waals surface area contributed by atoms with E-state index in [0.29, 0.717) is 32.4 Å². The Hall–Kier alpha value is -0.660. The van der Waals surface area contributed by atoms with Crippen LogP contribution in [0.2, 0.25) is 0 Å². The predicted octanol–water partition coefficient (Wildman–Crippen LogP) is 0.0441. The maximum atomic E-state index is 12.0. The summed E-state index contributed by atoms with van der Waals surface area (Å²) in [5, 5.41) is 0. The van der Waals surface area contributed by atoms with Gasteiger partial charge in [-0.1, -0.05) is 13.3 Å². The molecule has 0 aromatic carbocycles. The van der Waals surface area contributed by atoms with Gasteiger partial charge in [0.1, 0.15) is 0 Å². The number of carbonyl (C=O) groups is 1. The molecule has 1 rings (SSSR count). The largest absolute Gasteiger partial charge is 0.341 e. The zero-order valence-electron chi connectivity index (χ0n) is 11.8. The van der Waals surface area contributed by atoms with Crippen molar-refractivity contribution in [3.63, 3.8) is 0 Å². The number of nitrogens with one attached hydrogen (secondary N) is 1. The Bertz CT molecular complexity index is 389. The highest BCUT2D eigenvalue weighted by Crippen LogP contribution is 2.13. The van der Waals surface area contributed by atoms with E-state index in [1.807, 2.05) is 6.92 Å². The molecule has 0 saturated carbocycles. The highest BCUT2D eigenvalue weighted by atomic mass is 32.2. The Morgan fingerprint density at radius 1 is 1.37 bits per heavy atom. The molecule has 1 heterocycles. The van der Waals surface area contributed by atoms with Gasteiger partial charge in [-0.05, 0) is 26.2 Å². The summed E-state index contributed by atoms with van der Waals surface area (Å²) in [6.07, 6.45) is 2.90. The van der Waals surface area contributed by atoms with E-state index in [9.17, 15) is 13.2 Å². The number of nitrogens with zero attached hydrogens (tertiary/aromatic N) is 1. The van der Waals surface area contributed by atoms with Gasteiger partial charge in [-0.2, -0.15) is 0 Å². The third-order valence-corrected chi connectivity index (χ3v) is 4.90. The first-order valence-corrected chi connectivity index (χ1v) is 8.59. The van der Waals surface area contributed by atoms with E-state index in [-0.39, 0.29) is 17.7 Å². The second kappa shape index (κ2) is 7.21. The van der Waals surface area contributed by atoms with E-state index >= 15 is 0 Å². The lowest BCUT2D eigenvalue weighted by Gasteiger charge is -2.33. The number of nitrogens with two attached hydrogens (primary N) is 1.